The lowest BCUT2D eigenvalue weighted by atomic mass is 9.98. The molecule has 0 aliphatic heterocycles. The zero-order valence-corrected chi connectivity index (χ0v) is 14.7. The Hall–Kier alpha value is -0.810. The van der Waals surface area contributed by atoms with Crippen molar-refractivity contribution in [2.24, 2.45) is 5.73 Å². The average molecular weight is 348 g/mol. The van der Waals surface area contributed by atoms with Crippen molar-refractivity contribution in [2.75, 3.05) is 20.1 Å². The first-order valence-corrected chi connectivity index (χ1v) is 7.40. The van der Waals surface area contributed by atoms with Crippen molar-refractivity contribution in [3.63, 3.8) is 0 Å². The minimum Gasteiger partial charge on any atom is -0.353 e. The molecule has 0 radical (unpaired) electrons. The Balaban J connectivity index is 0.00000220. The van der Waals surface area contributed by atoms with E-state index in [0.717, 1.165) is 38.8 Å². The van der Waals surface area contributed by atoms with E-state index < -0.39 is 5.54 Å². The number of carbonyl (C=O) groups excluding carboxylic acids is 1. The van der Waals surface area contributed by atoms with E-state index in [0.29, 0.717) is 6.54 Å². The molecule has 1 saturated carbocycles. The molecule has 1 amide bonds. The smallest absolute Gasteiger partial charge is 0.240 e. The van der Waals surface area contributed by atoms with Crippen LogP contribution in [-0.2, 0) is 11.3 Å². The van der Waals surface area contributed by atoms with Crippen LogP contribution in [0, 0.1) is 0 Å². The second kappa shape index (κ2) is 10.1. The molecule has 0 atom stereocenters. The van der Waals surface area contributed by atoms with Gasteiger partial charge in [-0.1, -0.05) is 43.2 Å². The van der Waals surface area contributed by atoms with Crippen molar-refractivity contribution >= 4 is 30.7 Å². The highest BCUT2D eigenvalue weighted by Gasteiger charge is 2.36. The number of halogens is 2. The number of benzene rings is 1. The molecule has 126 valence electrons. The molecule has 0 aromatic heterocycles. The number of hydrogen-bond donors (Lipinski definition) is 2. The van der Waals surface area contributed by atoms with Gasteiger partial charge in [-0.2, -0.15) is 0 Å². The largest absolute Gasteiger partial charge is 0.353 e. The lowest BCUT2D eigenvalue weighted by molar-refractivity contribution is -0.126. The van der Waals surface area contributed by atoms with Crippen LogP contribution in [0.1, 0.15) is 31.2 Å². The zero-order valence-electron chi connectivity index (χ0n) is 13.1. The maximum absolute atomic E-state index is 12.1. The van der Waals surface area contributed by atoms with Gasteiger partial charge in [0.25, 0.3) is 0 Å². The van der Waals surface area contributed by atoms with Gasteiger partial charge in [0, 0.05) is 19.6 Å². The molecule has 4 nitrogen and oxygen atoms in total. The molecule has 0 saturated heterocycles. The Kier molecular flexibility index (Phi) is 9.69. The first kappa shape index (κ1) is 21.2. The summed E-state index contributed by atoms with van der Waals surface area (Å²) in [7, 11) is 2.06. The first-order chi connectivity index (χ1) is 9.60. The summed E-state index contributed by atoms with van der Waals surface area (Å²) in [5, 5.41) is 2.98. The molecule has 0 spiro atoms. The zero-order chi connectivity index (χ0) is 14.4. The highest BCUT2D eigenvalue weighted by atomic mass is 35.5. The van der Waals surface area contributed by atoms with Gasteiger partial charge in [0.2, 0.25) is 5.91 Å². The molecule has 0 bridgehead atoms. The fourth-order valence-corrected chi connectivity index (χ4v) is 2.74. The van der Waals surface area contributed by atoms with Gasteiger partial charge in [0.15, 0.2) is 0 Å². The van der Waals surface area contributed by atoms with Crippen LogP contribution in [0.15, 0.2) is 30.3 Å². The number of likely N-dealkylation sites (N-methyl/N-ethyl adjacent to an activating group) is 1. The first-order valence-electron chi connectivity index (χ1n) is 7.40. The Morgan fingerprint density at radius 2 is 1.82 bits per heavy atom. The van der Waals surface area contributed by atoms with Crippen molar-refractivity contribution in [3.05, 3.63) is 35.9 Å². The van der Waals surface area contributed by atoms with E-state index in [9.17, 15) is 4.79 Å². The van der Waals surface area contributed by atoms with E-state index in [-0.39, 0.29) is 30.7 Å². The highest BCUT2D eigenvalue weighted by Crippen LogP contribution is 2.27. The van der Waals surface area contributed by atoms with Gasteiger partial charge in [0.05, 0.1) is 5.54 Å². The molecule has 22 heavy (non-hydrogen) atoms. The Morgan fingerprint density at radius 1 is 1.23 bits per heavy atom. The summed E-state index contributed by atoms with van der Waals surface area (Å²) in [6.07, 6.45) is 3.77. The van der Waals surface area contributed by atoms with Gasteiger partial charge in [0.1, 0.15) is 0 Å². The van der Waals surface area contributed by atoms with E-state index in [4.69, 9.17) is 5.73 Å². The number of carbonyl (C=O) groups is 1. The number of amides is 1. The van der Waals surface area contributed by atoms with Gasteiger partial charge in [-0.15, -0.1) is 24.8 Å². The van der Waals surface area contributed by atoms with Crippen molar-refractivity contribution < 1.29 is 4.79 Å². The lowest BCUT2D eigenvalue weighted by Gasteiger charge is -2.23. The van der Waals surface area contributed by atoms with E-state index in [1.807, 2.05) is 18.2 Å². The average Bonchev–Trinajstić information content (AvgIpc) is 2.88. The van der Waals surface area contributed by atoms with Crippen molar-refractivity contribution in [1.29, 1.82) is 0 Å². The van der Waals surface area contributed by atoms with Gasteiger partial charge >= 0.3 is 0 Å². The van der Waals surface area contributed by atoms with E-state index >= 15 is 0 Å². The summed E-state index contributed by atoms with van der Waals surface area (Å²) in [5.74, 6) is 0.0168. The van der Waals surface area contributed by atoms with Crippen LogP contribution in [-0.4, -0.2) is 36.5 Å². The standard InChI is InChI=1S/C16H25N3O.2ClH/c1-19(13-14-7-3-2-4-8-14)12-11-18-15(20)16(17)9-5-6-10-16;;/h2-4,7-8H,5-6,9-13,17H2,1H3,(H,18,20);2*1H. The summed E-state index contributed by atoms with van der Waals surface area (Å²) in [6, 6.07) is 10.3. The highest BCUT2D eigenvalue weighted by molar-refractivity contribution is 5.86. The van der Waals surface area contributed by atoms with Crippen LogP contribution in [0.4, 0.5) is 0 Å². The SMILES string of the molecule is CN(CCNC(=O)C1(N)CCCC1)Cc1ccccc1.Cl.Cl. The van der Waals surface area contributed by atoms with Gasteiger partial charge < -0.3 is 16.0 Å². The number of nitrogens with two attached hydrogens (primary N) is 1. The Bertz CT molecular complexity index is 436. The summed E-state index contributed by atoms with van der Waals surface area (Å²) in [5.41, 5.74) is 6.79. The van der Waals surface area contributed by atoms with E-state index in [2.05, 4.69) is 29.4 Å². The number of nitrogens with zero attached hydrogens (tertiary/aromatic N) is 1. The van der Waals surface area contributed by atoms with Crippen LogP contribution < -0.4 is 11.1 Å². The van der Waals surface area contributed by atoms with E-state index in [1.165, 1.54) is 5.56 Å². The van der Waals surface area contributed by atoms with Crippen LogP contribution in [0.25, 0.3) is 0 Å². The molecule has 0 heterocycles. The minimum absolute atomic E-state index is 0. The molecule has 1 aliphatic carbocycles. The quantitative estimate of drug-likeness (QED) is 0.830. The maximum Gasteiger partial charge on any atom is 0.240 e. The van der Waals surface area contributed by atoms with Crippen LogP contribution in [0.2, 0.25) is 0 Å². The van der Waals surface area contributed by atoms with Gasteiger partial charge in [-0.05, 0) is 25.5 Å². The molecule has 1 fully saturated rings. The summed E-state index contributed by atoms with van der Waals surface area (Å²) >= 11 is 0. The third-order valence-electron chi connectivity index (χ3n) is 4.02. The Labute approximate surface area is 145 Å². The number of hydrogen-bond acceptors (Lipinski definition) is 3. The van der Waals surface area contributed by atoms with Gasteiger partial charge in [-0.3, -0.25) is 4.79 Å². The topological polar surface area (TPSA) is 58.4 Å². The van der Waals surface area contributed by atoms with Crippen molar-refractivity contribution in [1.82, 2.24) is 10.2 Å². The molecule has 3 N–H and O–H groups in total. The Morgan fingerprint density at radius 3 is 2.41 bits per heavy atom. The third-order valence-corrected chi connectivity index (χ3v) is 4.02. The number of rotatable bonds is 6. The molecule has 2 rings (SSSR count). The molecule has 0 unspecified atom stereocenters. The molecule has 1 aromatic carbocycles. The predicted molar refractivity (Wildman–Crippen MR) is 95.7 cm³/mol. The summed E-state index contributed by atoms with van der Waals surface area (Å²) < 4.78 is 0. The molecular formula is C16H27Cl2N3O. The third kappa shape index (κ3) is 6.13. The summed E-state index contributed by atoms with van der Waals surface area (Å²) in [6.45, 7) is 2.38. The van der Waals surface area contributed by atoms with Crippen molar-refractivity contribution in [2.45, 2.75) is 37.8 Å². The summed E-state index contributed by atoms with van der Waals surface area (Å²) in [4.78, 5) is 14.3. The second-order valence-corrected chi connectivity index (χ2v) is 5.84. The second-order valence-electron chi connectivity index (χ2n) is 5.84. The number of nitrogens with one attached hydrogen (secondary N) is 1. The lowest BCUT2D eigenvalue weighted by Crippen LogP contribution is -2.52. The monoisotopic (exact) mass is 347 g/mol. The molecule has 1 aromatic rings. The maximum atomic E-state index is 12.1. The van der Waals surface area contributed by atoms with Gasteiger partial charge in [-0.25, -0.2) is 0 Å². The predicted octanol–water partition coefficient (Wildman–Crippen LogP) is 2.35. The molecule has 6 heteroatoms. The van der Waals surface area contributed by atoms with Crippen LogP contribution in [0.5, 0.6) is 0 Å². The normalized spacial score (nSPS) is 15.8. The van der Waals surface area contributed by atoms with Crippen molar-refractivity contribution in [3.8, 4) is 0 Å². The van der Waals surface area contributed by atoms with Crippen LogP contribution >= 0.6 is 24.8 Å². The fraction of sp³-hybridized carbons (Fsp3) is 0.562. The van der Waals surface area contributed by atoms with E-state index in [1.54, 1.807) is 0 Å². The van der Waals surface area contributed by atoms with Crippen LogP contribution in [0.3, 0.4) is 0 Å². The minimum atomic E-state index is -0.613. The molecule has 1 aliphatic rings. The molecular weight excluding hydrogens is 321 g/mol. The fourth-order valence-electron chi connectivity index (χ4n) is 2.74.